The van der Waals surface area contributed by atoms with Crippen LogP contribution in [-0.4, -0.2) is 17.3 Å². The van der Waals surface area contributed by atoms with E-state index in [0.29, 0.717) is 23.1 Å². The smallest absolute Gasteiger partial charge is 0.137 e. The zero-order valence-electron chi connectivity index (χ0n) is 9.67. The molecular weight excluding hydrogens is 268 g/mol. The average Bonchev–Trinajstić information content (AvgIpc) is 2.38. The Morgan fingerprint density at radius 3 is 2.89 bits per heavy atom. The Morgan fingerprint density at radius 2 is 2.11 bits per heavy atom. The Labute approximate surface area is 115 Å². The molecule has 0 saturated carbocycles. The number of benzene rings is 1. The van der Waals surface area contributed by atoms with Gasteiger partial charge < -0.3 is 10.5 Å². The fourth-order valence-electron chi connectivity index (χ4n) is 1.39. The maximum absolute atomic E-state index is 5.99. The molecule has 0 atom stereocenters. The van der Waals surface area contributed by atoms with Gasteiger partial charge in [0, 0.05) is 16.8 Å². The summed E-state index contributed by atoms with van der Waals surface area (Å²) in [4.78, 5) is 4.97. The average molecular weight is 281 g/mol. The summed E-state index contributed by atoms with van der Waals surface area (Å²) in [5.74, 6) is 1.52. The molecule has 0 radical (unpaired) electrons. The third-order valence-corrected chi connectivity index (χ3v) is 3.61. The van der Waals surface area contributed by atoms with Gasteiger partial charge >= 0.3 is 0 Å². The van der Waals surface area contributed by atoms with Gasteiger partial charge in [-0.05, 0) is 18.2 Å². The van der Waals surface area contributed by atoms with Gasteiger partial charge in [0.15, 0.2) is 0 Å². The molecule has 5 heteroatoms. The molecule has 0 unspecified atom stereocenters. The standard InChI is InChI=1S/C13H13ClN2OS/c14-10-3-1-2-4-12(10)17-7-8-18-13-5-6-16-9-11(13)15/h1-6,9H,7-8,15H2. The number of ether oxygens (including phenoxy) is 1. The van der Waals surface area contributed by atoms with Crippen LogP contribution in [-0.2, 0) is 0 Å². The Bertz CT molecular complexity index is 474. The van der Waals surface area contributed by atoms with E-state index in [0.717, 1.165) is 10.6 Å². The number of nitrogens with two attached hydrogens (primary N) is 1. The molecule has 0 amide bonds. The number of aromatic nitrogens is 1. The number of nitrogens with zero attached hydrogens (tertiary/aromatic N) is 1. The first-order chi connectivity index (χ1) is 8.77. The maximum atomic E-state index is 5.99. The van der Waals surface area contributed by atoms with Crippen LogP contribution in [0.3, 0.4) is 0 Å². The van der Waals surface area contributed by atoms with Crippen molar-refractivity contribution in [3.05, 3.63) is 47.7 Å². The van der Waals surface area contributed by atoms with E-state index >= 15 is 0 Å². The van der Waals surface area contributed by atoms with Crippen molar-refractivity contribution in [2.24, 2.45) is 0 Å². The molecule has 0 spiro atoms. The zero-order chi connectivity index (χ0) is 12.8. The summed E-state index contributed by atoms with van der Waals surface area (Å²) in [7, 11) is 0. The molecule has 0 fully saturated rings. The van der Waals surface area contributed by atoms with E-state index in [-0.39, 0.29) is 0 Å². The van der Waals surface area contributed by atoms with Gasteiger partial charge in [-0.2, -0.15) is 0 Å². The fraction of sp³-hybridized carbons (Fsp3) is 0.154. The summed E-state index contributed by atoms with van der Waals surface area (Å²) in [6.07, 6.45) is 3.38. The molecule has 0 aliphatic carbocycles. The second-order valence-corrected chi connectivity index (χ2v) is 5.08. The van der Waals surface area contributed by atoms with Crippen molar-refractivity contribution >= 4 is 29.1 Å². The number of anilines is 1. The maximum Gasteiger partial charge on any atom is 0.137 e. The SMILES string of the molecule is Nc1cnccc1SCCOc1ccccc1Cl. The van der Waals surface area contributed by atoms with Crippen LogP contribution in [0.15, 0.2) is 47.6 Å². The van der Waals surface area contributed by atoms with Crippen molar-refractivity contribution in [1.29, 1.82) is 0 Å². The first-order valence-corrected chi connectivity index (χ1v) is 6.83. The van der Waals surface area contributed by atoms with Crippen molar-refractivity contribution in [1.82, 2.24) is 4.98 Å². The number of pyridine rings is 1. The number of hydrogen-bond acceptors (Lipinski definition) is 4. The van der Waals surface area contributed by atoms with Crippen LogP contribution >= 0.6 is 23.4 Å². The second-order valence-electron chi connectivity index (χ2n) is 3.54. The Morgan fingerprint density at radius 1 is 1.28 bits per heavy atom. The van der Waals surface area contributed by atoms with Crippen LogP contribution in [0.25, 0.3) is 0 Å². The predicted octanol–water partition coefficient (Wildman–Crippen LogP) is 3.49. The summed E-state index contributed by atoms with van der Waals surface area (Å²) in [6, 6.07) is 9.34. The number of halogens is 1. The molecular formula is C13H13ClN2OS. The number of para-hydroxylation sites is 1. The van der Waals surface area contributed by atoms with E-state index in [1.54, 1.807) is 24.2 Å². The minimum absolute atomic E-state index is 0.580. The summed E-state index contributed by atoms with van der Waals surface area (Å²) in [5.41, 5.74) is 6.49. The first kappa shape index (κ1) is 13.1. The molecule has 1 aromatic heterocycles. The van der Waals surface area contributed by atoms with Crippen molar-refractivity contribution in [3.8, 4) is 5.75 Å². The molecule has 2 rings (SSSR count). The molecule has 1 aromatic carbocycles. The van der Waals surface area contributed by atoms with Crippen molar-refractivity contribution in [3.63, 3.8) is 0 Å². The molecule has 2 N–H and O–H groups in total. The number of nitrogen functional groups attached to an aromatic ring is 1. The van der Waals surface area contributed by atoms with Crippen LogP contribution in [0.5, 0.6) is 5.75 Å². The van der Waals surface area contributed by atoms with Crippen LogP contribution in [0.4, 0.5) is 5.69 Å². The summed E-state index contributed by atoms with van der Waals surface area (Å²) >= 11 is 7.62. The van der Waals surface area contributed by atoms with E-state index in [4.69, 9.17) is 22.1 Å². The van der Waals surface area contributed by atoms with Gasteiger partial charge in [-0.25, -0.2) is 0 Å². The van der Waals surface area contributed by atoms with Gasteiger partial charge in [0.25, 0.3) is 0 Å². The van der Waals surface area contributed by atoms with E-state index in [9.17, 15) is 0 Å². The molecule has 1 heterocycles. The molecule has 94 valence electrons. The third kappa shape index (κ3) is 3.55. The summed E-state index contributed by atoms with van der Waals surface area (Å²) in [5, 5.41) is 0.630. The number of thioether (sulfide) groups is 1. The Balaban J connectivity index is 1.80. The van der Waals surface area contributed by atoms with Crippen LogP contribution in [0, 0.1) is 0 Å². The lowest BCUT2D eigenvalue weighted by Crippen LogP contribution is -2.01. The first-order valence-electron chi connectivity index (χ1n) is 5.47. The van der Waals surface area contributed by atoms with Crippen LogP contribution in [0.1, 0.15) is 0 Å². The van der Waals surface area contributed by atoms with E-state index in [1.165, 1.54) is 0 Å². The minimum Gasteiger partial charge on any atom is -0.491 e. The van der Waals surface area contributed by atoms with Gasteiger partial charge in [0.1, 0.15) is 5.75 Å². The van der Waals surface area contributed by atoms with Gasteiger partial charge in [0.05, 0.1) is 23.5 Å². The highest BCUT2D eigenvalue weighted by Gasteiger charge is 2.01. The quantitative estimate of drug-likeness (QED) is 0.673. The molecule has 0 saturated heterocycles. The number of rotatable bonds is 5. The molecule has 0 bridgehead atoms. The lowest BCUT2D eigenvalue weighted by atomic mass is 10.3. The van der Waals surface area contributed by atoms with E-state index in [2.05, 4.69) is 4.98 Å². The highest BCUT2D eigenvalue weighted by Crippen LogP contribution is 2.25. The second kappa shape index (κ2) is 6.52. The van der Waals surface area contributed by atoms with Crippen molar-refractivity contribution < 1.29 is 4.74 Å². The molecule has 2 aromatic rings. The fourth-order valence-corrected chi connectivity index (χ4v) is 2.34. The van der Waals surface area contributed by atoms with Crippen molar-refractivity contribution in [2.45, 2.75) is 4.90 Å². The third-order valence-electron chi connectivity index (χ3n) is 2.25. The van der Waals surface area contributed by atoms with Gasteiger partial charge in [-0.1, -0.05) is 23.7 Å². The normalized spacial score (nSPS) is 10.3. The lowest BCUT2D eigenvalue weighted by Gasteiger charge is -2.08. The largest absolute Gasteiger partial charge is 0.491 e. The van der Waals surface area contributed by atoms with Gasteiger partial charge in [-0.3, -0.25) is 4.98 Å². The molecule has 0 aliphatic rings. The minimum atomic E-state index is 0.580. The topological polar surface area (TPSA) is 48.1 Å². The van der Waals surface area contributed by atoms with Gasteiger partial charge in [0.2, 0.25) is 0 Å². The summed E-state index contributed by atoms with van der Waals surface area (Å²) < 4.78 is 5.59. The Kier molecular flexibility index (Phi) is 4.73. The number of hydrogen-bond donors (Lipinski definition) is 1. The van der Waals surface area contributed by atoms with E-state index < -0.39 is 0 Å². The monoisotopic (exact) mass is 280 g/mol. The summed E-state index contributed by atoms with van der Waals surface area (Å²) in [6.45, 7) is 0.580. The molecule has 0 aliphatic heterocycles. The van der Waals surface area contributed by atoms with Crippen LogP contribution < -0.4 is 10.5 Å². The molecule has 18 heavy (non-hydrogen) atoms. The van der Waals surface area contributed by atoms with Crippen molar-refractivity contribution in [2.75, 3.05) is 18.1 Å². The van der Waals surface area contributed by atoms with Crippen LogP contribution in [0.2, 0.25) is 5.02 Å². The highest BCUT2D eigenvalue weighted by atomic mass is 35.5. The van der Waals surface area contributed by atoms with Gasteiger partial charge in [-0.15, -0.1) is 11.8 Å². The predicted molar refractivity (Wildman–Crippen MR) is 76.3 cm³/mol. The Hall–Kier alpha value is -1.39. The lowest BCUT2D eigenvalue weighted by molar-refractivity contribution is 0.344. The highest BCUT2D eigenvalue weighted by molar-refractivity contribution is 7.99. The zero-order valence-corrected chi connectivity index (χ0v) is 11.2. The molecule has 3 nitrogen and oxygen atoms in total. The van der Waals surface area contributed by atoms with E-state index in [1.807, 2.05) is 30.3 Å².